The summed E-state index contributed by atoms with van der Waals surface area (Å²) in [6.07, 6.45) is 3.82. The number of aromatic nitrogens is 2. The average molecular weight is 304 g/mol. The van der Waals surface area contributed by atoms with Crippen molar-refractivity contribution in [3.8, 4) is 0 Å². The lowest BCUT2D eigenvalue weighted by molar-refractivity contribution is 0.644. The van der Waals surface area contributed by atoms with Crippen LogP contribution in [-0.2, 0) is 13.0 Å². The molecule has 0 aliphatic rings. The minimum atomic E-state index is 0.216. The van der Waals surface area contributed by atoms with Gasteiger partial charge in [0.15, 0.2) is 0 Å². The topological polar surface area (TPSA) is 55.0 Å². The van der Waals surface area contributed by atoms with Crippen molar-refractivity contribution in [3.05, 3.63) is 39.5 Å². The summed E-state index contributed by atoms with van der Waals surface area (Å²) in [4.78, 5) is 11.3. The van der Waals surface area contributed by atoms with Crippen LogP contribution in [0.15, 0.2) is 17.6 Å². The van der Waals surface area contributed by atoms with E-state index in [-0.39, 0.29) is 6.04 Å². The fourth-order valence-corrected chi connectivity index (χ4v) is 2.99. The minimum absolute atomic E-state index is 0.216. The van der Waals surface area contributed by atoms with E-state index in [0.29, 0.717) is 0 Å². The van der Waals surface area contributed by atoms with E-state index in [4.69, 9.17) is 5.73 Å². The fraction of sp³-hybridized carbons (Fsp3) is 0.500. The van der Waals surface area contributed by atoms with Crippen molar-refractivity contribution < 1.29 is 0 Å². The van der Waals surface area contributed by atoms with Crippen LogP contribution in [0.2, 0.25) is 0 Å². The number of nitrogens with two attached hydrogens (primary N) is 1. The zero-order valence-electron chi connectivity index (χ0n) is 13.3. The van der Waals surface area contributed by atoms with Crippen LogP contribution in [0.25, 0.3) is 0 Å². The number of rotatable bonds is 6. The standard InChI is InChI=1S/C16H24N4S/c1-5-14(17)7-13-6-11(2)16(18-8-13)20(4)9-15-10-21-12(3)19-15/h6,8,10,14H,5,7,9,17H2,1-4H3. The third-order valence-corrected chi connectivity index (χ3v) is 4.38. The maximum atomic E-state index is 6.01. The molecule has 0 bridgehead atoms. The second-order valence-corrected chi connectivity index (χ2v) is 6.63. The van der Waals surface area contributed by atoms with Gasteiger partial charge in [0.05, 0.1) is 17.2 Å². The number of thiazole rings is 1. The Labute approximate surface area is 131 Å². The van der Waals surface area contributed by atoms with Crippen molar-refractivity contribution >= 4 is 17.2 Å². The maximum absolute atomic E-state index is 6.01. The van der Waals surface area contributed by atoms with Gasteiger partial charge in [-0.05, 0) is 37.8 Å². The zero-order valence-corrected chi connectivity index (χ0v) is 14.1. The smallest absolute Gasteiger partial charge is 0.131 e. The van der Waals surface area contributed by atoms with Crippen LogP contribution in [0, 0.1) is 13.8 Å². The van der Waals surface area contributed by atoms with Crippen LogP contribution in [0.3, 0.4) is 0 Å². The van der Waals surface area contributed by atoms with E-state index in [0.717, 1.165) is 35.9 Å². The Morgan fingerprint density at radius 3 is 2.71 bits per heavy atom. The SMILES string of the molecule is CCC(N)Cc1cnc(N(C)Cc2csc(C)n2)c(C)c1. The Kier molecular flexibility index (Phi) is 5.31. The molecule has 0 radical (unpaired) electrons. The molecule has 2 heterocycles. The van der Waals surface area contributed by atoms with Gasteiger partial charge in [0.25, 0.3) is 0 Å². The lowest BCUT2D eigenvalue weighted by atomic mass is 10.0. The van der Waals surface area contributed by atoms with Crippen molar-refractivity contribution in [3.63, 3.8) is 0 Å². The number of anilines is 1. The normalized spacial score (nSPS) is 12.4. The second-order valence-electron chi connectivity index (χ2n) is 5.57. The van der Waals surface area contributed by atoms with E-state index >= 15 is 0 Å². The molecule has 0 aliphatic carbocycles. The first-order valence-electron chi connectivity index (χ1n) is 7.32. The van der Waals surface area contributed by atoms with Crippen molar-refractivity contribution in [2.45, 2.75) is 46.2 Å². The largest absolute Gasteiger partial charge is 0.354 e. The van der Waals surface area contributed by atoms with Crippen LogP contribution in [-0.4, -0.2) is 23.1 Å². The van der Waals surface area contributed by atoms with Gasteiger partial charge >= 0.3 is 0 Å². The monoisotopic (exact) mass is 304 g/mol. The molecule has 0 amide bonds. The summed E-state index contributed by atoms with van der Waals surface area (Å²) in [5.74, 6) is 1.01. The number of hydrogen-bond donors (Lipinski definition) is 1. The van der Waals surface area contributed by atoms with Gasteiger partial charge < -0.3 is 10.6 Å². The molecule has 2 N–H and O–H groups in total. The average Bonchev–Trinajstić information content (AvgIpc) is 2.83. The predicted octanol–water partition coefficient (Wildman–Crippen LogP) is 3.07. The predicted molar refractivity (Wildman–Crippen MR) is 89.9 cm³/mol. The number of pyridine rings is 1. The van der Waals surface area contributed by atoms with Gasteiger partial charge in [-0.1, -0.05) is 13.0 Å². The lowest BCUT2D eigenvalue weighted by Crippen LogP contribution is -2.22. The summed E-state index contributed by atoms with van der Waals surface area (Å²) >= 11 is 1.69. The van der Waals surface area contributed by atoms with Gasteiger partial charge in [0.1, 0.15) is 5.82 Å². The minimum Gasteiger partial charge on any atom is -0.354 e. The molecule has 2 rings (SSSR count). The Balaban J connectivity index is 2.09. The van der Waals surface area contributed by atoms with Crippen LogP contribution >= 0.6 is 11.3 Å². The first-order chi connectivity index (χ1) is 9.99. The Morgan fingerprint density at radius 2 is 2.14 bits per heavy atom. The Bertz CT molecular complexity index is 594. The molecule has 1 unspecified atom stereocenters. The van der Waals surface area contributed by atoms with E-state index < -0.39 is 0 Å². The molecule has 4 nitrogen and oxygen atoms in total. The Hall–Kier alpha value is -1.46. The highest BCUT2D eigenvalue weighted by molar-refractivity contribution is 7.09. The molecular weight excluding hydrogens is 280 g/mol. The molecule has 0 spiro atoms. The molecule has 0 aromatic carbocycles. The summed E-state index contributed by atoms with van der Waals surface area (Å²) in [7, 11) is 2.06. The maximum Gasteiger partial charge on any atom is 0.131 e. The van der Waals surface area contributed by atoms with Crippen LogP contribution < -0.4 is 10.6 Å². The highest BCUT2D eigenvalue weighted by atomic mass is 32.1. The van der Waals surface area contributed by atoms with E-state index in [1.807, 2.05) is 13.1 Å². The summed E-state index contributed by atoms with van der Waals surface area (Å²) in [5, 5.41) is 3.21. The van der Waals surface area contributed by atoms with E-state index in [1.54, 1.807) is 11.3 Å². The number of hydrogen-bond acceptors (Lipinski definition) is 5. The van der Waals surface area contributed by atoms with E-state index in [1.165, 1.54) is 11.1 Å². The molecular formula is C16H24N4S. The van der Waals surface area contributed by atoms with Gasteiger partial charge in [0.2, 0.25) is 0 Å². The van der Waals surface area contributed by atoms with E-state index in [2.05, 4.69) is 47.2 Å². The second kappa shape index (κ2) is 7.00. The van der Waals surface area contributed by atoms with E-state index in [9.17, 15) is 0 Å². The zero-order chi connectivity index (χ0) is 15.4. The highest BCUT2D eigenvalue weighted by Gasteiger charge is 2.10. The van der Waals surface area contributed by atoms with Gasteiger partial charge in [0, 0.05) is 24.7 Å². The third kappa shape index (κ3) is 4.25. The number of aryl methyl sites for hydroxylation is 2. The van der Waals surface area contributed by atoms with Gasteiger partial charge in [-0.3, -0.25) is 0 Å². The lowest BCUT2D eigenvalue weighted by Gasteiger charge is -2.20. The summed E-state index contributed by atoms with van der Waals surface area (Å²) in [6, 6.07) is 2.41. The first kappa shape index (κ1) is 15.9. The molecule has 1 atom stereocenters. The molecule has 0 saturated carbocycles. The molecule has 0 saturated heterocycles. The van der Waals surface area contributed by atoms with Crippen molar-refractivity contribution in [1.82, 2.24) is 9.97 Å². The van der Waals surface area contributed by atoms with Crippen molar-refractivity contribution in [1.29, 1.82) is 0 Å². The van der Waals surface area contributed by atoms with Gasteiger partial charge in [-0.15, -0.1) is 11.3 Å². The van der Waals surface area contributed by atoms with Crippen molar-refractivity contribution in [2.24, 2.45) is 5.73 Å². The summed E-state index contributed by atoms with van der Waals surface area (Å²) in [5.41, 5.74) is 9.50. The molecule has 21 heavy (non-hydrogen) atoms. The quantitative estimate of drug-likeness (QED) is 0.891. The van der Waals surface area contributed by atoms with Crippen LogP contribution in [0.5, 0.6) is 0 Å². The molecule has 114 valence electrons. The molecule has 2 aromatic heterocycles. The third-order valence-electron chi connectivity index (χ3n) is 3.56. The highest BCUT2D eigenvalue weighted by Crippen LogP contribution is 2.20. The fourth-order valence-electron chi connectivity index (χ4n) is 2.38. The van der Waals surface area contributed by atoms with Crippen LogP contribution in [0.1, 0.15) is 35.2 Å². The van der Waals surface area contributed by atoms with Gasteiger partial charge in [-0.25, -0.2) is 9.97 Å². The molecule has 0 aliphatic heterocycles. The Morgan fingerprint density at radius 1 is 1.38 bits per heavy atom. The summed E-state index contributed by atoms with van der Waals surface area (Å²) < 4.78 is 0. The molecule has 5 heteroatoms. The van der Waals surface area contributed by atoms with Crippen molar-refractivity contribution in [2.75, 3.05) is 11.9 Å². The van der Waals surface area contributed by atoms with Crippen LogP contribution in [0.4, 0.5) is 5.82 Å². The summed E-state index contributed by atoms with van der Waals surface area (Å²) in [6.45, 7) is 7.03. The molecule has 2 aromatic rings. The van der Waals surface area contributed by atoms with Gasteiger partial charge in [-0.2, -0.15) is 0 Å². The first-order valence-corrected chi connectivity index (χ1v) is 8.20. The number of nitrogens with zero attached hydrogens (tertiary/aromatic N) is 3. The molecule has 0 fully saturated rings.